The highest BCUT2D eigenvalue weighted by Gasteiger charge is 2.70. The number of hydrogen-bond donors (Lipinski definition) is 2. The van der Waals surface area contributed by atoms with Crippen LogP contribution in [-0.4, -0.2) is 66.7 Å². The molecule has 286 valence electrons. The lowest BCUT2D eigenvalue weighted by atomic mass is 9.49. The van der Waals surface area contributed by atoms with Gasteiger partial charge in [-0.3, -0.25) is 29.5 Å². The number of aryl methyl sites for hydroxylation is 1. The number of amides is 4. The molecule has 4 fully saturated rings. The van der Waals surface area contributed by atoms with Crippen molar-refractivity contribution in [3.05, 3.63) is 125 Å². The van der Waals surface area contributed by atoms with Gasteiger partial charge in [-0.15, -0.1) is 0 Å². The minimum atomic E-state index is -1.42. The van der Waals surface area contributed by atoms with Crippen molar-refractivity contribution >= 4 is 40.7 Å². The average molecular weight is 753 g/mol. The first-order valence-electron chi connectivity index (χ1n) is 19.5. The van der Waals surface area contributed by atoms with E-state index in [0.717, 1.165) is 34.9 Å². The summed E-state index contributed by atoms with van der Waals surface area (Å²) in [6.45, 7) is 6.90. The van der Waals surface area contributed by atoms with Crippen molar-refractivity contribution in [1.82, 2.24) is 5.01 Å². The molecule has 0 spiro atoms. The number of carbonyl (C=O) groups excluding carboxylic acids is 4. The molecule has 0 bridgehead atoms. The number of allylic oxidation sites excluding steroid dienone is 2. The number of aromatic hydroxyl groups is 1. The lowest BCUT2D eigenvalue weighted by Crippen LogP contribution is -2.53. The Morgan fingerprint density at radius 2 is 1.55 bits per heavy atom. The smallest absolute Gasteiger partial charge is 0.260 e. The SMILES string of the molecule is CCOc1cc([C@H]2C3=CC[C@@H]4C(=O)N(c5ccc(N6CCOCC6)cc5)C(=O)[C@@H]4[C@@H]3C[C@H]3C(=O)N(Nc4ccc(C)cc4)C(=O)[C@@]23c2ccccc2)ccc1O. The van der Waals surface area contributed by atoms with Gasteiger partial charge in [-0.05, 0) is 92.3 Å². The van der Waals surface area contributed by atoms with Crippen molar-refractivity contribution < 1.29 is 33.8 Å². The molecular formula is C45H44N4O7. The van der Waals surface area contributed by atoms with Gasteiger partial charge >= 0.3 is 0 Å². The molecule has 3 heterocycles. The quantitative estimate of drug-likeness (QED) is 0.162. The number of hydrogen-bond acceptors (Lipinski definition) is 9. The fraction of sp³-hybridized carbons (Fsp3) is 0.333. The van der Waals surface area contributed by atoms with E-state index in [2.05, 4.69) is 10.3 Å². The van der Waals surface area contributed by atoms with Crippen molar-refractivity contribution in [2.24, 2.45) is 23.7 Å². The predicted octanol–water partition coefficient (Wildman–Crippen LogP) is 6.13. The number of nitrogens with zero attached hydrogens (tertiary/aromatic N) is 3. The summed E-state index contributed by atoms with van der Waals surface area (Å²) in [5.74, 6) is -4.66. The van der Waals surface area contributed by atoms with Crippen LogP contribution in [0.1, 0.15) is 42.4 Å². The second kappa shape index (κ2) is 14.0. The Morgan fingerprint density at radius 3 is 2.27 bits per heavy atom. The van der Waals surface area contributed by atoms with Crippen LogP contribution < -0.4 is 20.0 Å². The van der Waals surface area contributed by atoms with Gasteiger partial charge in [0.1, 0.15) is 0 Å². The number of ether oxygens (including phenoxy) is 2. The first-order valence-corrected chi connectivity index (χ1v) is 19.5. The van der Waals surface area contributed by atoms with Crippen molar-refractivity contribution in [2.75, 3.05) is 48.1 Å². The second-order valence-electron chi connectivity index (χ2n) is 15.4. The zero-order valence-electron chi connectivity index (χ0n) is 31.4. The molecule has 0 radical (unpaired) electrons. The Morgan fingerprint density at radius 1 is 0.839 bits per heavy atom. The van der Waals surface area contributed by atoms with E-state index < -0.39 is 46.8 Å². The summed E-state index contributed by atoms with van der Waals surface area (Å²) < 4.78 is 11.4. The van der Waals surface area contributed by atoms with E-state index in [0.29, 0.717) is 48.7 Å². The number of hydrazine groups is 1. The topological polar surface area (TPSA) is 129 Å². The third-order valence-corrected chi connectivity index (χ3v) is 12.5. The molecule has 11 nitrogen and oxygen atoms in total. The number of rotatable bonds is 8. The van der Waals surface area contributed by atoms with Crippen molar-refractivity contribution in [2.45, 2.75) is 38.0 Å². The molecule has 0 unspecified atom stereocenters. The van der Waals surface area contributed by atoms with Gasteiger partial charge in [0.25, 0.3) is 11.8 Å². The standard InChI is InChI=1S/C45H44N4O7/c1-3-56-38-25-28(11-20-37(38)50)40-33-18-19-34-39(43(53)48(41(34)51)32-16-14-31(15-17-32)47-21-23-55-24-22-47)35(33)26-36-42(52)49(46-30-12-9-27(2)10-13-30)44(54)45(36,40)29-7-5-4-6-8-29/h4-18,20,25,34-36,39-40,46,50H,3,19,21-24,26H2,1-2H3/t34-,35+,36-,39-,40-,45+/m0/s1. The Bertz CT molecular complexity index is 2230. The molecule has 11 heteroatoms. The van der Waals surface area contributed by atoms with Crippen LogP contribution in [0.5, 0.6) is 11.5 Å². The van der Waals surface area contributed by atoms with Gasteiger partial charge in [0.15, 0.2) is 11.5 Å². The Hall–Kier alpha value is -5.94. The summed E-state index contributed by atoms with van der Waals surface area (Å²) in [4.78, 5) is 62.9. The largest absolute Gasteiger partial charge is 0.504 e. The molecule has 2 N–H and O–H groups in total. The Labute approximate surface area is 325 Å². The monoisotopic (exact) mass is 752 g/mol. The summed E-state index contributed by atoms with van der Waals surface area (Å²) in [5.41, 5.74) is 7.02. The molecule has 4 aromatic rings. The van der Waals surface area contributed by atoms with Gasteiger partial charge in [0.05, 0.1) is 54.4 Å². The van der Waals surface area contributed by atoms with E-state index in [4.69, 9.17) is 9.47 Å². The lowest BCUT2D eigenvalue weighted by molar-refractivity contribution is -0.138. The molecule has 56 heavy (non-hydrogen) atoms. The number of phenols is 1. The number of phenolic OH excluding ortho intramolecular Hbond substituents is 1. The number of imide groups is 2. The maximum Gasteiger partial charge on any atom is 0.260 e. The molecule has 2 aliphatic carbocycles. The maximum absolute atomic E-state index is 15.4. The first-order chi connectivity index (χ1) is 27.2. The van der Waals surface area contributed by atoms with Crippen molar-refractivity contribution in [3.63, 3.8) is 0 Å². The molecule has 4 amide bonds. The van der Waals surface area contributed by atoms with Gasteiger partial charge in [-0.1, -0.05) is 65.7 Å². The van der Waals surface area contributed by atoms with Crippen LogP contribution in [0.15, 0.2) is 109 Å². The maximum atomic E-state index is 15.4. The van der Waals surface area contributed by atoms with Crippen LogP contribution in [0.25, 0.3) is 0 Å². The third-order valence-electron chi connectivity index (χ3n) is 12.5. The van der Waals surface area contributed by atoms with Gasteiger partial charge in [-0.2, -0.15) is 5.01 Å². The number of fused-ring (bicyclic) bond motifs is 4. The third kappa shape index (κ3) is 5.50. The van der Waals surface area contributed by atoms with Gasteiger partial charge < -0.3 is 19.5 Å². The van der Waals surface area contributed by atoms with E-state index >= 15 is 4.79 Å². The molecule has 3 saturated heterocycles. The molecule has 1 saturated carbocycles. The molecule has 0 aromatic heterocycles. The highest BCUT2D eigenvalue weighted by atomic mass is 16.5. The zero-order valence-corrected chi connectivity index (χ0v) is 31.4. The fourth-order valence-electron chi connectivity index (χ4n) is 9.99. The summed E-state index contributed by atoms with van der Waals surface area (Å²) in [6.07, 6.45) is 2.53. The number of benzene rings is 4. The van der Waals surface area contributed by atoms with Crippen LogP contribution in [0, 0.1) is 30.6 Å². The van der Waals surface area contributed by atoms with E-state index in [9.17, 15) is 19.5 Å². The van der Waals surface area contributed by atoms with Crippen molar-refractivity contribution in [3.8, 4) is 11.5 Å². The highest BCUT2D eigenvalue weighted by molar-refractivity contribution is 6.22. The normalized spacial score (nSPS) is 27.1. The van der Waals surface area contributed by atoms with E-state index in [1.165, 1.54) is 4.90 Å². The zero-order chi connectivity index (χ0) is 38.7. The predicted molar refractivity (Wildman–Crippen MR) is 210 cm³/mol. The fourth-order valence-corrected chi connectivity index (χ4v) is 9.99. The van der Waals surface area contributed by atoms with E-state index in [-0.39, 0.29) is 29.7 Å². The number of anilines is 3. The average Bonchev–Trinajstić information content (AvgIpc) is 3.61. The van der Waals surface area contributed by atoms with Gasteiger partial charge in [0.2, 0.25) is 11.8 Å². The minimum Gasteiger partial charge on any atom is -0.504 e. The summed E-state index contributed by atoms with van der Waals surface area (Å²) in [7, 11) is 0. The minimum absolute atomic E-state index is 0.0469. The van der Waals surface area contributed by atoms with E-state index in [1.54, 1.807) is 18.2 Å². The highest BCUT2D eigenvalue weighted by Crippen LogP contribution is 2.64. The molecule has 9 rings (SSSR count). The second-order valence-corrected chi connectivity index (χ2v) is 15.4. The molecule has 6 atom stereocenters. The van der Waals surface area contributed by atoms with E-state index in [1.807, 2.05) is 98.8 Å². The van der Waals surface area contributed by atoms with Crippen LogP contribution in [0.4, 0.5) is 17.1 Å². The molecule has 4 aromatic carbocycles. The molecule has 5 aliphatic rings. The molecular weight excluding hydrogens is 709 g/mol. The van der Waals surface area contributed by atoms with Gasteiger partial charge in [0, 0.05) is 24.7 Å². The van der Waals surface area contributed by atoms with Crippen LogP contribution in [0.3, 0.4) is 0 Å². The Kier molecular flexibility index (Phi) is 8.92. The number of carbonyl (C=O) groups is 4. The first kappa shape index (κ1) is 35.7. The van der Waals surface area contributed by atoms with Crippen LogP contribution >= 0.6 is 0 Å². The number of nitrogens with one attached hydrogen (secondary N) is 1. The molecule has 3 aliphatic heterocycles. The summed E-state index contributed by atoms with van der Waals surface area (Å²) in [5, 5.41) is 12.0. The van der Waals surface area contributed by atoms with Crippen LogP contribution in [-0.2, 0) is 29.3 Å². The summed E-state index contributed by atoms with van der Waals surface area (Å²) in [6, 6.07) is 29.5. The number of morpholine rings is 1. The van der Waals surface area contributed by atoms with Crippen molar-refractivity contribution in [1.29, 1.82) is 0 Å². The summed E-state index contributed by atoms with van der Waals surface area (Å²) >= 11 is 0. The Balaban J connectivity index is 1.17. The van der Waals surface area contributed by atoms with Gasteiger partial charge in [-0.25, -0.2) is 0 Å². The lowest BCUT2D eigenvalue weighted by Gasteiger charge is -2.50. The van der Waals surface area contributed by atoms with Crippen LogP contribution in [0.2, 0.25) is 0 Å².